The van der Waals surface area contributed by atoms with E-state index in [4.69, 9.17) is 14.6 Å². The zero-order chi connectivity index (χ0) is 36.5. The van der Waals surface area contributed by atoms with E-state index in [1.165, 1.54) is 12.1 Å². The molecule has 0 aliphatic carbocycles. The van der Waals surface area contributed by atoms with Crippen LogP contribution in [0.2, 0.25) is 0 Å². The molecule has 3 N–H and O–H groups in total. The highest BCUT2D eigenvalue weighted by Crippen LogP contribution is 2.38. The second-order valence-corrected chi connectivity index (χ2v) is 14.6. The van der Waals surface area contributed by atoms with Crippen LogP contribution in [-0.4, -0.2) is 65.4 Å². The van der Waals surface area contributed by atoms with Crippen molar-refractivity contribution in [3.05, 3.63) is 80.9 Å². The van der Waals surface area contributed by atoms with Gasteiger partial charge in [0.25, 0.3) is 19.7 Å². The molecule has 0 saturated heterocycles. The number of rotatable bonds is 13. The highest BCUT2D eigenvalue weighted by Gasteiger charge is 2.48. The molecule has 0 spiro atoms. The number of halogens is 6. The Morgan fingerprint density at radius 3 is 1.54 bits per heavy atom. The average Bonchev–Trinajstić information content (AvgIpc) is 2.96. The number of anilines is 1. The van der Waals surface area contributed by atoms with Crippen LogP contribution in [0.3, 0.4) is 0 Å². The molecule has 16 nitrogen and oxygen atoms in total. The van der Waals surface area contributed by atoms with Gasteiger partial charge in [0.1, 0.15) is 6.61 Å². The number of nitrogens with zero attached hydrogens (tertiary/aromatic N) is 2. The third-order valence-corrected chi connectivity index (χ3v) is 9.82. The number of primary sulfonamides is 1. The van der Waals surface area contributed by atoms with Gasteiger partial charge in [0.05, 0.1) is 31.1 Å². The van der Waals surface area contributed by atoms with Gasteiger partial charge >= 0.3 is 22.4 Å². The molecule has 0 fully saturated rings. The van der Waals surface area contributed by atoms with Crippen molar-refractivity contribution in [1.29, 1.82) is 0 Å². The Balaban J connectivity index is 2.00. The molecular weight excluding hydrogens is 734 g/mol. The van der Waals surface area contributed by atoms with E-state index in [0.29, 0.717) is 24.3 Å². The molecule has 1 atom stereocenters. The molecular formula is C23H18F6N4O12S3. The molecule has 0 bridgehead atoms. The van der Waals surface area contributed by atoms with E-state index in [1.54, 1.807) is 0 Å². The lowest BCUT2D eigenvalue weighted by Gasteiger charge is -2.21. The highest BCUT2D eigenvalue weighted by atomic mass is 32.2. The van der Waals surface area contributed by atoms with Crippen LogP contribution in [0.4, 0.5) is 43.4 Å². The van der Waals surface area contributed by atoms with Gasteiger partial charge in [0.2, 0.25) is 10.0 Å². The molecule has 3 rings (SSSR count). The van der Waals surface area contributed by atoms with Crippen LogP contribution in [0.1, 0.15) is 0 Å². The third kappa shape index (κ3) is 8.39. The number of nitrogens with two attached hydrogens (primary N) is 1. The number of alkyl halides is 6. The number of sulfone groups is 2. The smallest absolute Gasteiger partial charge is 0.483 e. The fourth-order valence-electron chi connectivity index (χ4n) is 3.59. The first kappa shape index (κ1) is 37.7. The van der Waals surface area contributed by atoms with Crippen LogP contribution < -0.4 is 19.9 Å². The van der Waals surface area contributed by atoms with Crippen LogP contribution >= 0.6 is 0 Å². The SMILES string of the molecule is NS(=O)(=O)c1ccc(NCC(COc2ccc(S(=O)(=O)C(F)(F)F)cc2[N+](=O)[O-])Oc2ccc(S(=O)(=O)C(F)(F)F)cc2[N+](=O)[O-])cc1. The summed E-state index contributed by atoms with van der Waals surface area (Å²) >= 11 is 0. The monoisotopic (exact) mass is 752 g/mol. The van der Waals surface area contributed by atoms with Gasteiger partial charge in [-0.15, -0.1) is 0 Å². The van der Waals surface area contributed by atoms with Crippen molar-refractivity contribution in [3.63, 3.8) is 0 Å². The number of nitro benzene ring substituents is 2. The first-order valence-corrected chi connectivity index (χ1v) is 16.7. The second kappa shape index (κ2) is 13.4. The van der Waals surface area contributed by atoms with Crippen LogP contribution in [0.5, 0.6) is 11.5 Å². The van der Waals surface area contributed by atoms with Gasteiger partial charge in [0.15, 0.2) is 17.6 Å². The van der Waals surface area contributed by atoms with E-state index in [9.17, 15) is 71.8 Å². The lowest BCUT2D eigenvalue weighted by molar-refractivity contribution is -0.386. The maximum absolute atomic E-state index is 13.0. The number of hydrogen-bond donors (Lipinski definition) is 2. The topological polar surface area (TPSA) is 245 Å². The minimum Gasteiger partial charge on any atom is -0.483 e. The standard InChI is InChI=1S/C23H18F6N4O12S3/c24-22(25,26)46(38,39)16-5-7-20(18(9-16)32(34)35)44-12-14(11-31-13-1-3-15(4-2-13)48(30,42)43)45-21-8-6-17(10-19(21)33(36)37)47(40,41)23(27,28)29/h1-10,14,31H,11-12H2,(H2,30,42,43). The van der Waals surface area contributed by atoms with Crippen molar-refractivity contribution in [2.75, 3.05) is 18.5 Å². The lowest BCUT2D eigenvalue weighted by atomic mass is 10.2. The molecule has 0 aromatic heterocycles. The van der Waals surface area contributed by atoms with E-state index < -0.39 is 102 Å². The Morgan fingerprint density at radius 2 is 1.12 bits per heavy atom. The Bertz CT molecular complexity index is 2060. The summed E-state index contributed by atoms with van der Waals surface area (Å²) in [6.07, 6.45) is -1.55. The van der Waals surface area contributed by atoms with E-state index in [1.807, 2.05) is 0 Å². The molecule has 3 aromatic carbocycles. The van der Waals surface area contributed by atoms with Crippen molar-refractivity contribution >= 4 is 46.8 Å². The molecule has 3 aromatic rings. The number of ether oxygens (including phenoxy) is 2. The van der Waals surface area contributed by atoms with Crippen LogP contribution in [0, 0.1) is 20.2 Å². The highest BCUT2D eigenvalue weighted by molar-refractivity contribution is 7.92. The van der Waals surface area contributed by atoms with Crippen molar-refractivity contribution in [2.24, 2.45) is 5.14 Å². The molecule has 262 valence electrons. The molecule has 25 heteroatoms. The van der Waals surface area contributed by atoms with E-state index >= 15 is 0 Å². The number of hydrogen-bond acceptors (Lipinski definition) is 13. The summed E-state index contributed by atoms with van der Waals surface area (Å²) < 4.78 is 159. The summed E-state index contributed by atoms with van der Waals surface area (Å²) in [4.78, 5) is 17.3. The van der Waals surface area contributed by atoms with Crippen LogP contribution in [0.25, 0.3) is 0 Å². The van der Waals surface area contributed by atoms with E-state index in [-0.39, 0.29) is 22.7 Å². The average molecular weight is 753 g/mol. The van der Waals surface area contributed by atoms with Crippen molar-refractivity contribution in [3.8, 4) is 11.5 Å². The fourth-order valence-corrected chi connectivity index (χ4v) is 5.67. The summed E-state index contributed by atoms with van der Waals surface area (Å²) in [6, 6.07) is 6.33. The van der Waals surface area contributed by atoms with Gasteiger partial charge in [-0.1, -0.05) is 0 Å². The normalized spacial score (nSPS) is 13.4. The van der Waals surface area contributed by atoms with Crippen molar-refractivity contribution in [2.45, 2.75) is 31.8 Å². The zero-order valence-corrected chi connectivity index (χ0v) is 25.6. The molecule has 48 heavy (non-hydrogen) atoms. The fraction of sp³-hybridized carbons (Fsp3) is 0.217. The maximum Gasteiger partial charge on any atom is 0.501 e. The molecule has 0 aliphatic heterocycles. The second-order valence-electron chi connectivity index (χ2n) is 9.17. The Kier molecular flexibility index (Phi) is 10.5. The van der Waals surface area contributed by atoms with Crippen LogP contribution in [-0.2, 0) is 29.7 Å². The zero-order valence-electron chi connectivity index (χ0n) is 23.1. The molecule has 0 amide bonds. The summed E-state index contributed by atoms with van der Waals surface area (Å²) in [5.74, 6) is -1.64. The predicted octanol–water partition coefficient (Wildman–Crippen LogP) is 3.68. The van der Waals surface area contributed by atoms with Gasteiger partial charge in [-0.25, -0.2) is 30.4 Å². The number of sulfonamides is 1. The Hall–Kier alpha value is -4.75. The van der Waals surface area contributed by atoms with Gasteiger partial charge in [-0.2, -0.15) is 26.3 Å². The Labute approximate surface area is 265 Å². The minimum atomic E-state index is -6.05. The summed E-state index contributed by atoms with van der Waals surface area (Å²) in [6.45, 7) is -1.38. The van der Waals surface area contributed by atoms with E-state index in [2.05, 4.69) is 5.32 Å². The van der Waals surface area contributed by atoms with Gasteiger partial charge in [-0.05, 0) is 48.5 Å². The largest absolute Gasteiger partial charge is 0.501 e. The van der Waals surface area contributed by atoms with Gasteiger partial charge < -0.3 is 14.8 Å². The van der Waals surface area contributed by atoms with Crippen molar-refractivity contribution < 1.29 is 70.9 Å². The predicted molar refractivity (Wildman–Crippen MR) is 149 cm³/mol. The summed E-state index contributed by atoms with van der Waals surface area (Å²) in [5.41, 5.74) is -14.0. The van der Waals surface area contributed by atoms with Crippen LogP contribution in [0.15, 0.2) is 75.4 Å². The first-order chi connectivity index (χ1) is 21.9. The number of nitrogens with one attached hydrogen (secondary N) is 1. The maximum atomic E-state index is 13.0. The van der Waals surface area contributed by atoms with Crippen molar-refractivity contribution in [1.82, 2.24) is 0 Å². The molecule has 0 aliphatic rings. The lowest BCUT2D eigenvalue weighted by Crippen LogP contribution is -2.33. The molecule has 0 saturated carbocycles. The molecule has 1 unspecified atom stereocenters. The van der Waals surface area contributed by atoms with Gasteiger partial charge in [-0.3, -0.25) is 20.2 Å². The summed E-state index contributed by atoms with van der Waals surface area (Å²) in [7, 11) is -16.2. The number of nitro groups is 2. The first-order valence-electron chi connectivity index (χ1n) is 12.2. The third-order valence-electron chi connectivity index (χ3n) is 5.92. The number of benzene rings is 3. The summed E-state index contributed by atoms with van der Waals surface area (Å²) in [5, 5.41) is 30.9. The minimum absolute atomic E-state index is 0.0557. The Morgan fingerprint density at radius 1 is 0.708 bits per heavy atom. The molecule has 0 heterocycles. The molecule has 0 radical (unpaired) electrons. The van der Waals surface area contributed by atoms with Gasteiger partial charge in [0, 0.05) is 17.8 Å². The van der Waals surface area contributed by atoms with E-state index in [0.717, 1.165) is 12.1 Å². The quantitative estimate of drug-likeness (QED) is 0.144.